The summed E-state index contributed by atoms with van der Waals surface area (Å²) in [6.45, 7) is 0. The Kier molecular flexibility index (Phi) is 9.09. The maximum atomic E-state index is 10.6. The molecule has 0 unspecified atom stereocenters. The SMILES string of the molecule is O=S(=O)([O-])C(c1ccccc1)S(=O)(=O)[O-].[Na+].[Na+]. The minimum absolute atomic E-state index is 0. The van der Waals surface area contributed by atoms with Crippen molar-refractivity contribution >= 4 is 20.2 Å². The molecule has 0 fully saturated rings. The Morgan fingerprint density at radius 3 is 1.47 bits per heavy atom. The molecule has 0 aliphatic carbocycles. The molecular weight excluding hydrogens is 290 g/mol. The first kappa shape index (κ1) is 20.4. The van der Waals surface area contributed by atoms with Gasteiger partial charge in [-0.15, -0.1) is 0 Å². The summed E-state index contributed by atoms with van der Waals surface area (Å²) in [6.07, 6.45) is 0. The molecule has 0 bridgehead atoms. The fraction of sp³-hybridized carbons (Fsp3) is 0.143. The van der Waals surface area contributed by atoms with Gasteiger partial charge in [-0.1, -0.05) is 30.3 Å². The molecule has 0 aromatic heterocycles. The van der Waals surface area contributed by atoms with Crippen LogP contribution in [0.2, 0.25) is 0 Å². The van der Waals surface area contributed by atoms with Gasteiger partial charge >= 0.3 is 59.1 Å². The molecule has 0 spiro atoms. The first-order valence-corrected chi connectivity index (χ1v) is 6.61. The van der Waals surface area contributed by atoms with Gasteiger partial charge in [-0.3, -0.25) is 0 Å². The van der Waals surface area contributed by atoms with Crippen LogP contribution in [-0.2, 0) is 20.2 Å². The van der Waals surface area contributed by atoms with Gasteiger partial charge < -0.3 is 9.11 Å². The summed E-state index contributed by atoms with van der Waals surface area (Å²) in [4.78, 5) is 0. The van der Waals surface area contributed by atoms with Crippen LogP contribution < -0.4 is 59.1 Å². The standard InChI is InChI=1S/C7H8O6S2.2Na/c8-14(9,10)7(15(11,12)13)6-4-2-1-3-5-6;;/h1-5,7H,(H,8,9,10)(H,11,12,13);;/q;2*+1/p-2. The second-order valence-corrected chi connectivity index (χ2v) is 5.94. The molecule has 1 rings (SSSR count). The molecule has 0 amide bonds. The van der Waals surface area contributed by atoms with Crippen molar-refractivity contribution in [1.29, 1.82) is 0 Å². The number of benzene rings is 1. The molecule has 10 heteroatoms. The molecule has 84 valence electrons. The smallest absolute Gasteiger partial charge is 0.747 e. The fourth-order valence-electron chi connectivity index (χ4n) is 1.09. The van der Waals surface area contributed by atoms with Crippen LogP contribution >= 0.6 is 0 Å². The first-order chi connectivity index (χ1) is 6.73. The van der Waals surface area contributed by atoms with E-state index in [0.29, 0.717) is 0 Å². The van der Waals surface area contributed by atoms with Gasteiger partial charge in [0, 0.05) is 0 Å². The summed E-state index contributed by atoms with van der Waals surface area (Å²) in [5.74, 6) is 0. The fourth-order valence-corrected chi connectivity index (χ4v) is 3.22. The van der Waals surface area contributed by atoms with Crippen LogP contribution in [0.3, 0.4) is 0 Å². The third-order valence-corrected chi connectivity index (χ3v) is 4.60. The Bertz CT molecular complexity index is 507. The monoisotopic (exact) mass is 296 g/mol. The van der Waals surface area contributed by atoms with Crippen LogP contribution in [-0.4, -0.2) is 25.9 Å². The average molecular weight is 296 g/mol. The maximum absolute atomic E-state index is 10.6. The molecule has 6 nitrogen and oxygen atoms in total. The molecule has 0 saturated carbocycles. The largest absolute Gasteiger partial charge is 1.00 e. The summed E-state index contributed by atoms with van der Waals surface area (Å²) >= 11 is 0. The number of hydrogen-bond acceptors (Lipinski definition) is 6. The minimum Gasteiger partial charge on any atom is -0.747 e. The minimum atomic E-state index is -5.23. The van der Waals surface area contributed by atoms with Gasteiger partial charge in [0.05, 0.1) is 0 Å². The quantitative estimate of drug-likeness (QED) is 0.405. The topological polar surface area (TPSA) is 114 Å². The zero-order chi connectivity index (χ0) is 11.7. The Morgan fingerprint density at radius 1 is 0.824 bits per heavy atom. The maximum Gasteiger partial charge on any atom is 1.00 e. The van der Waals surface area contributed by atoms with Crippen molar-refractivity contribution in [2.24, 2.45) is 0 Å². The van der Waals surface area contributed by atoms with Crippen LogP contribution in [0.4, 0.5) is 0 Å². The van der Waals surface area contributed by atoms with E-state index in [1.807, 2.05) is 0 Å². The van der Waals surface area contributed by atoms with Crippen molar-refractivity contribution in [1.82, 2.24) is 0 Å². The summed E-state index contributed by atoms with van der Waals surface area (Å²) in [7, 11) is -10.5. The van der Waals surface area contributed by atoms with Gasteiger partial charge in [-0.2, -0.15) is 0 Å². The van der Waals surface area contributed by atoms with Crippen molar-refractivity contribution in [3.8, 4) is 0 Å². The van der Waals surface area contributed by atoms with Crippen molar-refractivity contribution in [3.05, 3.63) is 35.9 Å². The van der Waals surface area contributed by atoms with Crippen molar-refractivity contribution in [3.63, 3.8) is 0 Å². The van der Waals surface area contributed by atoms with E-state index in [2.05, 4.69) is 0 Å². The van der Waals surface area contributed by atoms with E-state index < -0.39 is 24.8 Å². The van der Waals surface area contributed by atoms with Gasteiger partial charge in [0.25, 0.3) is 0 Å². The number of hydrogen-bond donors (Lipinski definition) is 0. The summed E-state index contributed by atoms with van der Waals surface area (Å²) in [5.41, 5.74) is -0.345. The van der Waals surface area contributed by atoms with E-state index in [0.717, 1.165) is 12.1 Å². The van der Waals surface area contributed by atoms with Gasteiger partial charge in [0.2, 0.25) is 0 Å². The van der Waals surface area contributed by atoms with E-state index in [9.17, 15) is 25.9 Å². The van der Waals surface area contributed by atoms with Crippen molar-refractivity contribution in [2.75, 3.05) is 0 Å². The molecule has 0 aliphatic rings. The van der Waals surface area contributed by atoms with Crippen LogP contribution in [0, 0.1) is 0 Å². The third kappa shape index (κ3) is 6.15. The van der Waals surface area contributed by atoms with Crippen molar-refractivity contribution < 1.29 is 85.1 Å². The van der Waals surface area contributed by atoms with E-state index in [1.165, 1.54) is 18.2 Å². The predicted octanol–water partition coefficient (Wildman–Crippen LogP) is -6.22. The second kappa shape index (κ2) is 7.59. The molecular formula is C7H6Na2O6S2. The Balaban J connectivity index is 0. The normalized spacial score (nSPS) is 11.5. The predicted molar refractivity (Wildman–Crippen MR) is 48.6 cm³/mol. The van der Waals surface area contributed by atoms with Crippen LogP contribution in [0.1, 0.15) is 10.1 Å². The number of rotatable bonds is 3. The van der Waals surface area contributed by atoms with Crippen LogP contribution in [0.15, 0.2) is 30.3 Å². The molecule has 1 aromatic carbocycles. The Morgan fingerprint density at radius 2 is 1.18 bits per heavy atom. The average Bonchev–Trinajstić information content (AvgIpc) is 2.00. The molecule has 0 radical (unpaired) electrons. The molecule has 1 aromatic rings. The summed E-state index contributed by atoms with van der Waals surface area (Å²) < 4.78 is 61.3. The van der Waals surface area contributed by atoms with Gasteiger partial charge in [0.1, 0.15) is 20.2 Å². The van der Waals surface area contributed by atoms with E-state index >= 15 is 0 Å². The van der Waals surface area contributed by atoms with Crippen molar-refractivity contribution in [2.45, 2.75) is 4.58 Å². The molecule has 0 N–H and O–H groups in total. The molecule has 17 heavy (non-hydrogen) atoms. The summed E-state index contributed by atoms with van der Waals surface area (Å²) in [6, 6.07) is 6.35. The second-order valence-electron chi connectivity index (χ2n) is 2.73. The van der Waals surface area contributed by atoms with Crippen LogP contribution in [0.5, 0.6) is 0 Å². The van der Waals surface area contributed by atoms with E-state index in [-0.39, 0.29) is 64.7 Å². The zero-order valence-corrected chi connectivity index (χ0v) is 14.9. The van der Waals surface area contributed by atoms with E-state index in [1.54, 1.807) is 0 Å². The zero-order valence-electron chi connectivity index (χ0n) is 9.23. The molecule has 0 atom stereocenters. The Hall–Kier alpha value is 1.04. The van der Waals surface area contributed by atoms with Gasteiger partial charge in [-0.05, 0) is 5.56 Å². The molecule has 0 aliphatic heterocycles. The molecule has 0 saturated heterocycles. The Labute approximate surface area is 144 Å². The van der Waals surface area contributed by atoms with Crippen LogP contribution in [0.25, 0.3) is 0 Å². The molecule has 0 heterocycles. The van der Waals surface area contributed by atoms with Gasteiger partial charge in [0.15, 0.2) is 4.58 Å². The third-order valence-electron chi connectivity index (χ3n) is 1.60. The van der Waals surface area contributed by atoms with Gasteiger partial charge in [-0.25, -0.2) is 16.8 Å². The summed E-state index contributed by atoms with van der Waals surface area (Å²) in [5, 5.41) is 0. The van der Waals surface area contributed by atoms with E-state index in [4.69, 9.17) is 0 Å². The first-order valence-electron chi connectivity index (χ1n) is 3.67.